The van der Waals surface area contributed by atoms with Gasteiger partial charge in [0.25, 0.3) is 0 Å². The van der Waals surface area contributed by atoms with Gasteiger partial charge in [0.1, 0.15) is 0 Å². The number of rotatable bonds is 3. The van der Waals surface area contributed by atoms with Crippen LogP contribution >= 0.6 is 0 Å². The van der Waals surface area contributed by atoms with Gasteiger partial charge in [0.2, 0.25) is 0 Å². The SMILES string of the molecule is COC(=O)c1ncc(C)cc1OC(F)F. The maximum absolute atomic E-state index is 12.0. The van der Waals surface area contributed by atoms with Crippen LogP contribution in [0.4, 0.5) is 8.78 Å². The van der Waals surface area contributed by atoms with Crippen LogP contribution in [0.2, 0.25) is 0 Å². The number of nitrogens with zero attached hydrogens (tertiary/aromatic N) is 1. The molecule has 0 amide bonds. The first-order valence-corrected chi connectivity index (χ1v) is 4.04. The van der Waals surface area contributed by atoms with E-state index >= 15 is 0 Å². The highest BCUT2D eigenvalue weighted by Gasteiger charge is 2.17. The predicted octanol–water partition coefficient (Wildman–Crippen LogP) is 1.78. The molecule has 0 N–H and O–H groups in total. The molecule has 15 heavy (non-hydrogen) atoms. The van der Waals surface area contributed by atoms with Gasteiger partial charge in [0, 0.05) is 6.20 Å². The van der Waals surface area contributed by atoms with E-state index in [1.54, 1.807) is 6.92 Å². The van der Waals surface area contributed by atoms with Crippen molar-refractivity contribution in [2.45, 2.75) is 13.5 Å². The molecule has 0 bridgehead atoms. The van der Waals surface area contributed by atoms with E-state index < -0.39 is 12.6 Å². The maximum atomic E-state index is 12.0. The highest BCUT2D eigenvalue weighted by Crippen LogP contribution is 2.20. The standard InChI is InChI=1S/C9H9F2NO3/c1-5-3-6(15-9(10)11)7(12-4-5)8(13)14-2/h3-4,9H,1-2H3. The topological polar surface area (TPSA) is 48.4 Å². The first kappa shape index (κ1) is 11.4. The molecule has 1 heterocycles. The van der Waals surface area contributed by atoms with Gasteiger partial charge in [-0.15, -0.1) is 0 Å². The lowest BCUT2D eigenvalue weighted by molar-refractivity contribution is -0.0507. The molecule has 0 atom stereocenters. The molecule has 1 aromatic heterocycles. The summed E-state index contributed by atoms with van der Waals surface area (Å²) in [7, 11) is 1.13. The van der Waals surface area contributed by atoms with Crippen molar-refractivity contribution in [3.05, 3.63) is 23.5 Å². The minimum atomic E-state index is -3.00. The van der Waals surface area contributed by atoms with Crippen LogP contribution in [0, 0.1) is 6.92 Å². The van der Waals surface area contributed by atoms with Gasteiger partial charge in [-0.1, -0.05) is 0 Å². The molecule has 0 spiro atoms. The Labute approximate surface area is 84.8 Å². The van der Waals surface area contributed by atoms with Crippen molar-refractivity contribution in [2.75, 3.05) is 7.11 Å². The van der Waals surface area contributed by atoms with Crippen LogP contribution in [-0.4, -0.2) is 24.7 Å². The molecule has 82 valence electrons. The number of carbonyl (C=O) groups is 1. The molecule has 0 aliphatic carbocycles. The van der Waals surface area contributed by atoms with Crippen LogP contribution in [0.5, 0.6) is 5.75 Å². The molecule has 4 nitrogen and oxygen atoms in total. The Morgan fingerprint density at radius 3 is 2.73 bits per heavy atom. The van der Waals surface area contributed by atoms with Gasteiger partial charge in [-0.3, -0.25) is 0 Å². The number of halogens is 2. The summed E-state index contributed by atoms with van der Waals surface area (Å²) in [5, 5.41) is 0. The second-order valence-corrected chi connectivity index (χ2v) is 2.73. The van der Waals surface area contributed by atoms with Gasteiger partial charge in [0.05, 0.1) is 7.11 Å². The van der Waals surface area contributed by atoms with Crippen molar-refractivity contribution in [1.29, 1.82) is 0 Å². The highest BCUT2D eigenvalue weighted by molar-refractivity contribution is 5.90. The van der Waals surface area contributed by atoms with E-state index in [0.29, 0.717) is 5.56 Å². The quantitative estimate of drug-likeness (QED) is 0.724. The van der Waals surface area contributed by atoms with Gasteiger partial charge in [-0.05, 0) is 18.6 Å². The Bertz CT molecular complexity index is 368. The molecule has 0 aliphatic rings. The third kappa shape index (κ3) is 2.87. The Morgan fingerprint density at radius 2 is 2.20 bits per heavy atom. The summed E-state index contributed by atoms with van der Waals surface area (Å²) in [6.07, 6.45) is 1.37. The van der Waals surface area contributed by atoms with E-state index in [0.717, 1.165) is 7.11 Å². The first-order chi connectivity index (χ1) is 7.04. The van der Waals surface area contributed by atoms with Gasteiger partial charge < -0.3 is 9.47 Å². The molecule has 0 unspecified atom stereocenters. The Kier molecular flexibility index (Phi) is 3.54. The van der Waals surface area contributed by atoms with Crippen LogP contribution < -0.4 is 4.74 Å². The number of alkyl halides is 2. The lowest BCUT2D eigenvalue weighted by Crippen LogP contribution is -2.11. The van der Waals surface area contributed by atoms with Gasteiger partial charge in [0.15, 0.2) is 11.4 Å². The average Bonchev–Trinajstić information content (AvgIpc) is 2.16. The molecule has 1 aromatic rings. The van der Waals surface area contributed by atoms with E-state index in [9.17, 15) is 13.6 Å². The Hall–Kier alpha value is -1.72. The molecule has 0 fully saturated rings. The molecule has 6 heteroatoms. The van der Waals surface area contributed by atoms with Crippen molar-refractivity contribution < 1.29 is 23.0 Å². The minimum absolute atomic E-state index is 0.261. The fraction of sp³-hybridized carbons (Fsp3) is 0.333. The number of hydrogen-bond acceptors (Lipinski definition) is 4. The van der Waals surface area contributed by atoms with Gasteiger partial charge in [-0.25, -0.2) is 9.78 Å². The predicted molar refractivity (Wildman–Crippen MR) is 46.9 cm³/mol. The number of esters is 1. The van der Waals surface area contributed by atoms with E-state index in [2.05, 4.69) is 14.5 Å². The van der Waals surface area contributed by atoms with E-state index in [4.69, 9.17) is 0 Å². The Balaban J connectivity index is 3.08. The lowest BCUT2D eigenvalue weighted by atomic mass is 10.2. The summed E-state index contributed by atoms with van der Waals surface area (Å²) in [5.41, 5.74) is 0.349. The summed E-state index contributed by atoms with van der Waals surface area (Å²) in [6, 6.07) is 1.30. The molecule has 0 radical (unpaired) electrons. The Morgan fingerprint density at radius 1 is 1.53 bits per heavy atom. The fourth-order valence-electron chi connectivity index (χ4n) is 0.978. The van der Waals surface area contributed by atoms with Crippen LogP contribution in [0.3, 0.4) is 0 Å². The van der Waals surface area contributed by atoms with Crippen molar-refractivity contribution >= 4 is 5.97 Å². The molecule has 0 saturated carbocycles. The zero-order valence-electron chi connectivity index (χ0n) is 8.16. The van der Waals surface area contributed by atoms with Gasteiger partial charge >= 0.3 is 12.6 Å². The summed E-state index contributed by atoms with van der Waals surface area (Å²) >= 11 is 0. The van der Waals surface area contributed by atoms with Crippen molar-refractivity contribution in [1.82, 2.24) is 4.98 Å². The highest BCUT2D eigenvalue weighted by atomic mass is 19.3. The second kappa shape index (κ2) is 4.68. The summed E-state index contributed by atoms with van der Waals surface area (Å²) in [4.78, 5) is 14.8. The normalized spacial score (nSPS) is 10.2. The van der Waals surface area contributed by atoms with Gasteiger partial charge in [-0.2, -0.15) is 8.78 Å². The molecular weight excluding hydrogens is 208 g/mol. The smallest absolute Gasteiger partial charge is 0.387 e. The number of hydrogen-bond donors (Lipinski definition) is 0. The third-order valence-electron chi connectivity index (χ3n) is 1.58. The summed E-state index contributed by atoms with van der Waals surface area (Å²) in [5.74, 6) is -1.09. The molecule has 0 aliphatic heterocycles. The van der Waals surface area contributed by atoms with Crippen molar-refractivity contribution in [2.24, 2.45) is 0 Å². The fourth-order valence-corrected chi connectivity index (χ4v) is 0.978. The second-order valence-electron chi connectivity index (χ2n) is 2.73. The molecular formula is C9H9F2NO3. The third-order valence-corrected chi connectivity index (χ3v) is 1.58. The van der Waals surface area contributed by atoms with E-state index in [1.165, 1.54) is 12.3 Å². The molecule has 0 saturated heterocycles. The van der Waals surface area contributed by atoms with Crippen LogP contribution in [0.15, 0.2) is 12.3 Å². The van der Waals surface area contributed by atoms with Crippen LogP contribution in [0.1, 0.15) is 16.1 Å². The molecule has 0 aromatic carbocycles. The van der Waals surface area contributed by atoms with Crippen molar-refractivity contribution in [3.8, 4) is 5.75 Å². The minimum Gasteiger partial charge on any atom is -0.464 e. The summed E-state index contributed by atoms with van der Waals surface area (Å²) in [6.45, 7) is -1.36. The number of carbonyl (C=O) groups excluding carboxylic acids is 1. The van der Waals surface area contributed by atoms with E-state index in [1.807, 2.05) is 0 Å². The lowest BCUT2D eigenvalue weighted by Gasteiger charge is -2.08. The number of methoxy groups -OCH3 is 1. The number of aryl methyl sites for hydroxylation is 1. The number of aromatic nitrogens is 1. The monoisotopic (exact) mass is 217 g/mol. The number of pyridine rings is 1. The van der Waals surface area contributed by atoms with Crippen molar-refractivity contribution in [3.63, 3.8) is 0 Å². The van der Waals surface area contributed by atoms with E-state index in [-0.39, 0.29) is 11.4 Å². The van der Waals surface area contributed by atoms with Crippen LogP contribution in [0.25, 0.3) is 0 Å². The largest absolute Gasteiger partial charge is 0.464 e. The van der Waals surface area contributed by atoms with Crippen LogP contribution in [-0.2, 0) is 4.74 Å². The summed E-state index contributed by atoms with van der Waals surface area (Å²) < 4.78 is 32.5. The zero-order valence-corrected chi connectivity index (χ0v) is 8.16. The number of ether oxygens (including phenoxy) is 2. The molecule has 1 rings (SSSR count). The zero-order chi connectivity index (χ0) is 11.4. The first-order valence-electron chi connectivity index (χ1n) is 4.04. The maximum Gasteiger partial charge on any atom is 0.387 e. The average molecular weight is 217 g/mol.